The third kappa shape index (κ3) is 2.20. The highest BCUT2D eigenvalue weighted by molar-refractivity contribution is 9.09. The molecule has 2 heteroatoms. The van der Waals surface area contributed by atoms with Gasteiger partial charge in [-0.2, -0.15) is 0 Å². The fourth-order valence-electron chi connectivity index (χ4n) is 2.04. The van der Waals surface area contributed by atoms with E-state index in [0.29, 0.717) is 4.83 Å². The highest BCUT2D eigenvalue weighted by atomic mass is 79.9. The summed E-state index contributed by atoms with van der Waals surface area (Å²) in [4.78, 5) is 0.419. The lowest BCUT2D eigenvalue weighted by atomic mass is 9.93. The number of hydrogen-bond donors (Lipinski definition) is 0. The maximum absolute atomic E-state index is 5.96. The first-order valence-electron chi connectivity index (χ1n) is 5.48. The quantitative estimate of drug-likeness (QED) is 0.693. The van der Waals surface area contributed by atoms with Crippen LogP contribution < -0.4 is 4.74 Å². The van der Waals surface area contributed by atoms with Gasteiger partial charge in [-0.05, 0) is 31.9 Å². The molecule has 0 fully saturated rings. The van der Waals surface area contributed by atoms with Gasteiger partial charge in [0.25, 0.3) is 0 Å². The maximum atomic E-state index is 5.96. The van der Waals surface area contributed by atoms with Crippen LogP contribution in [-0.4, -0.2) is 5.60 Å². The molecule has 0 N–H and O–H groups in total. The molecule has 1 aliphatic heterocycles. The van der Waals surface area contributed by atoms with Crippen molar-refractivity contribution < 1.29 is 4.74 Å². The van der Waals surface area contributed by atoms with Crippen molar-refractivity contribution in [2.75, 3.05) is 0 Å². The molecule has 0 saturated carbocycles. The van der Waals surface area contributed by atoms with Crippen molar-refractivity contribution in [1.29, 1.82) is 0 Å². The minimum absolute atomic E-state index is 0.0606. The Morgan fingerprint density at radius 2 is 2.20 bits per heavy atom. The lowest BCUT2D eigenvalue weighted by molar-refractivity contribution is 0.0842. The number of halogens is 1. The number of aryl methyl sites for hydroxylation is 1. The number of ether oxygens (including phenoxy) is 1. The Bertz CT molecular complexity index is 371. The van der Waals surface area contributed by atoms with Crippen molar-refractivity contribution in [3.63, 3.8) is 0 Å². The summed E-state index contributed by atoms with van der Waals surface area (Å²) in [5.74, 6) is 1.03. The Labute approximate surface area is 100.0 Å². The number of fused-ring (bicyclic) bond motifs is 1. The third-order valence-corrected chi connectivity index (χ3v) is 3.69. The van der Waals surface area contributed by atoms with Crippen LogP contribution in [0, 0.1) is 0 Å². The molecule has 1 aliphatic rings. The molecule has 0 saturated heterocycles. The molecule has 0 aromatic heterocycles. The Kier molecular flexibility index (Phi) is 2.80. The van der Waals surface area contributed by atoms with Gasteiger partial charge in [0, 0.05) is 16.8 Å². The molecular weight excluding hydrogens is 252 g/mol. The summed E-state index contributed by atoms with van der Waals surface area (Å²) in [6.45, 7) is 6.45. The van der Waals surface area contributed by atoms with Crippen molar-refractivity contribution >= 4 is 15.9 Å². The molecule has 82 valence electrons. The number of alkyl halides is 1. The third-order valence-electron chi connectivity index (χ3n) is 2.88. The van der Waals surface area contributed by atoms with E-state index in [9.17, 15) is 0 Å². The van der Waals surface area contributed by atoms with E-state index in [1.807, 2.05) is 0 Å². The molecule has 1 unspecified atom stereocenters. The van der Waals surface area contributed by atoms with Crippen molar-refractivity contribution in [3.05, 3.63) is 29.3 Å². The molecule has 1 heterocycles. The number of rotatable bonds is 1. The zero-order valence-electron chi connectivity index (χ0n) is 9.51. The molecule has 1 aromatic rings. The minimum Gasteiger partial charge on any atom is -0.487 e. The van der Waals surface area contributed by atoms with Crippen LogP contribution in [0.5, 0.6) is 5.75 Å². The summed E-state index contributed by atoms with van der Waals surface area (Å²) in [5.41, 5.74) is 2.62. The summed E-state index contributed by atoms with van der Waals surface area (Å²) < 4.78 is 5.96. The van der Waals surface area contributed by atoms with Gasteiger partial charge in [-0.1, -0.05) is 35.0 Å². The average Bonchev–Trinajstić information content (AvgIpc) is 2.15. The van der Waals surface area contributed by atoms with Crippen molar-refractivity contribution in [2.45, 2.75) is 44.0 Å². The SMILES string of the molecule is CCc1ccc2c(c1)C(Br)CC(C)(C)O2. The Morgan fingerprint density at radius 3 is 2.87 bits per heavy atom. The molecule has 0 bridgehead atoms. The zero-order chi connectivity index (χ0) is 11.1. The topological polar surface area (TPSA) is 9.23 Å². The first-order chi connectivity index (χ1) is 7.02. The van der Waals surface area contributed by atoms with Gasteiger partial charge in [-0.3, -0.25) is 0 Å². The van der Waals surface area contributed by atoms with Gasteiger partial charge in [-0.25, -0.2) is 0 Å². The molecule has 1 atom stereocenters. The minimum atomic E-state index is -0.0606. The lowest BCUT2D eigenvalue weighted by Crippen LogP contribution is -2.33. The van der Waals surface area contributed by atoms with Crippen LogP contribution in [0.25, 0.3) is 0 Å². The lowest BCUT2D eigenvalue weighted by Gasteiger charge is -2.35. The van der Waals surface area contributed by atoms with Crippen LogP contribution in [0.4, 0.5) is 0 Å². The van der Waals surface area contributed by atoms with Crippen LogP contribution in [0.15, 0.2) is 18.2 Å². The molecule has 0 aliphatic carbocycles. The molecule has 1 aromatic carbocycles. The van der Waals surface area contributed by atoms with Crippen molar-refractivity contribution in [1.82, 2.24) is 0 Å². The van der Waals surface area contributed by atoms with Gasteiger partial charge < -0.3 is 4.74 Å². The van der Waals surface area contributed by atoms with E-state index in [1.54, 1.807) is 0 Å². The van der Waals surface area contributed by atoms with Gasteiger partial charge in [0.2, 0.25) is 0 Å². The predicted molar refractivity (Wildman–Crippen MR) is 66.8 cm³/mol. The van der Waals surface area contributed by atoms with Gasteiger partial charge in [0.1, 0.15) is 11.4 Å². The summed E-state index contributed by atoms with van der Waals surface area (Å²) in [5, 5.41) is 0. The van der Waals surface area contributed by atoms with E-state index in [2.05, 4.69) is 54.9 Å². The smallest absolute Gasteiger partial charge is 0.124 e. The molecule has 1 nitrogen and oxygen atoms in total. The zero-order valence-corrected chi connectivity index (χ0v) is 11.1. The van der Waals surface area contributed by atoms with E-state index in [-0.39, 0.29) is 5.60 Å². The monoisotopic (exact) mass is 268 g/mol. The first kappa shape index (κ1) is 11.0. The Balaban J connectivity index is 2.41. The van der Waals surface area contributed by atoms with Crippen LogP contribution in [0.1, 0.15) is 43.1 Å². The van der Waals surface area contributed by atoms with E-state index in [1.165, 1.54) is 11.1 Å². The van der Waals surface area contributed by atoms with Gasteiger partial charge >= 0.3 is 0 Å². The standard InChI is InChI=1S/C13H17BrO/c1-4-9-5-6-12-10(7-9)11(14)8-13(2,3)15-12/h5-7,11H,4,8H2,1-3H3. The summed E-state index contributed by atoms with van der Waals surface area (Å²) in [6.07, 6.45) is 2.10. The van der Waals surface area contributed by atoms with Gasteiger partial charge in [0.05, 0.1) is 0 Å². The molecular formula is C13H17BrO. The molecule has 2 rings (SSSR count). The molecule has 15 heavy (non-hydrogen) atoms. The van der Waals surface area contributed by atoms with E-state index in [0.717, 1.165) is 18.6 Å². The fraction of sp³-hybridized carbons (Fsp3) is 0.538. The predicted octanol–water partition coefficient (Wildman–Crippen LogP) is 4.25. The van der Waals surface area contributed by atoms with E-state index < -0.39 is 0 Å². The summed E-state index contributed by atoms with van der Waals surface area (Å²) >= 11 is 3.75. The maximum Gasteiger partial charge on any atom is 0.124 e. The highest BCUT2D eigenvalue weighted by Gasteiger charge is 2.32. The molecule has 0 radical (unpaired) electrons. The summed E-state index contributed by atoms with van der Waals surface area (Å²) in [7, 11) is 0. The Hall–Kier alpha value is -0.500. The largest absolute Gasteiger partial charge is 0.487 e. The average molecular weight is 269 g/mol. The fourth-order valence-corrected chi connectivity index (χ4v) is 3.17. The summed E-state index contributed by atoms with van der Waals surface area (Å²) in [6, 6.07) is 6.51. The second-order valence-electron chi connectivity index (χ2n) is 4.76. The van der Waals surface area contributed by atoms with Crippen molar-refractivity contribution in [2.24, 2.45) is 0 Å². The number of hydrogen-bond acceptors (Lipinski definition) is 1. The van der Waals surface area contributed by atoms with Crippen LogP contribution in [-0.2, 0) is 6.42 Å². The Morgan fingerprint density at radius 1 is 1.47 bits per heavy atom. The first-order valence-corrected chi connectivity index (χ1v) is 6.39. The van der Waals surface area contributed by atoms with Crippen LogP contribution in [0.2, 0.25) is 0 Å². The van der Waals surface area contributed by atoms with Gasteiger partial charge in [-0.15, -0.1) is 0 Å². The van der Waals surface area contributed by atoms with Crippen molar-refractivity contribution in [3.8, 4) is 5.75 Å². The van der Waals surface area contributed by atoms with Crippen LogP contribution >= 0.6 is 15.9 Å². The highest BCUT2D eigenvalue weighted by Crippen LogP contribution is 2.44. The van der Waals surface area contributed by atoms with Gasteiger partial charge in [0.15, 0.2) is 0 Å². The molecule has 0 spiro atoms. The second-order valence-corrected chi connectivity index (χ2v) is 5.86. The molecule has 0 amide bonds. The normalized spacial score (nSPS) is 23.1. The second kappa shape index (κ2) is 3.82. The van der Waals surface area contributed by atoms with E-state index >= 15 is 0 Å². The van der Waals surface area contributed by atoms with Crippen LogP contribution in [0.3, 0.4) is 0 Å². The number of benzene rings is 1. The van der Waals surface area contributed by atoms with E-state index in [4.69, 9.17) is 4.74 Å².